The van der Waals surface area contributed by atoms with Gasteiger partial charge >= 0.3 is 12.0 Å². The highest BCUT2D eigenvalue weighted by atomic mass is 16.4. The molecule has 1 fully saturated rings. The van der Waals surface area contributed by atoms with Gasteiger partial charge in [0.15, 0.2) is 6.10 Å². The van der Waals surface area contributed by atoms with Crippen LogP contribution in [-0.4, -0.2) is 52.9 Å². The van der Waals surface area contributed by atoms with Gasteiger partial charge in [-0.1, -0.05) is 19.8 Å². The number of hydrogen-bond donors (Lipinski definition) is 3. The number of nitrogens with one attached hydrogen (secondary N) is 1. The van der Waals surface area contributed by atoms with E-state index in [2.05, 4.69) is 12.2 Å². The lowest BCUT2D eigenvalue weighted by atomic mass is 9.93. The molecule has 18 heavy (non-hydrogen) atoms. The van der Waals surface area contributed by atoms with Crippen molar-refractivity contribution in [2.75, 3.05) is 19.6 Å². The van der Waals surface area contributed by atoms with Crippen LogP contribution in [0.15, 0.2) is 0 Å². The average molecular weight is 258 g/mol. The highest BCUT2D eigenvalue weighted by Crippen LogP contribution is 2.21. The molecule has 1 rings (SSSR count). The number of aliphatic carboxylic acids is 1. The van der Waals surface area contributed by atoms with Crippen LogP contribution in [0.5, 0.6) is 0 Å². The van der Waals surface area contributed by atoms with Crippen LogP contribution in [0.4, 0.5) is 4.79 Å². The van der Waals surface area contributed by atoms with E-state index < -0.39 is 12.1 Å². The number of amides is 2. The zero-order valence-corrected chi connectivity index (χ0v) is 10.8. The van der Waals surface area contributed by atoms with Gasteiger partial charge in [-0.2, -0.15) is 0 Å². The van der Waals surface area contributed by atoms with Crippen molar-refractivity contribution in [3.63, 3.8) is 0 Å². The van der Waals surface area contributed by atoms with E-state index in [-0.39, 0.29) is 12.6 Å². The summed E-state index contributed by atoms with van der Waals surface area (Å²) in [6.45, 7) is 3.33. The Morgan fingerprint density at radius 2 is 2.00 bits per heavy atom. The summed E-state index contributed by atoms with van der Waals surface area (Å²) >= 11 is 0. The minimum absolute atomic E-state index is 0.247. The lowest BCUT2D eigenvalue weighted by molar-refractivity contribution is -0.146. The summed E-state index contributed by atoms with van der Waals surface area (Å²) < 4.78 is 0. The molecular formula is C12H22N2O4. The molecule has 0 unspecified atom stereocenters. The number of piperidine rings is 1. The molecule has 0 aromatic carbocycles. The molecule has 0 radical (unpaired) electrons. The number of likely N-dealkylation sites (tertiary alicyclic amines) is 1. The predicted octanol–water partition coefficient (Wildman–Crippen LogP) is 0.654. The van der Waals surface area contributed by atoms with Crippen molar-refractivity contribution in [2.24, 2.45) is 5.92 Å². The Hall–Kier alpha value is -1.30. The molecular weight excluding hydrogens is 236 g/mol. The van der Waals surface area contributed by atoms with Crippen LogP contribution in [0.2, 0.25) is 0 Å². The van der Waals surface area contributed by atoms with Crippen molar-refractivity contribution in [2.45, 2.75) is 38.7 Å². The second kappa shape index (κ2) is 7.20. The molecule has 1 heterocycles. The van der Waals surface area contributed by atoms with Crippen LogP contribution in [0.3, 0.4) is 0 Å². The number of aliphatic hydroxyl groups is 1. The number of nitrogens with zero attached hydrogens (tertiary/aromatic N) is 1. The Morgan fingerprint density at radius 1 is 1.39 bits per heavy atom. The predicted molar refractivity (Wildman–Crippen MR) is 66.2 cm³/mol. The molecule has 0 aromatic heterocycles. The van der Waals surface area contributed by atoms with Crippen LogP contribution >= 0.6 is 0 Å². The molecule has 6 nitrogen and oxygen atoms in total. The zero-order chi connectivity index (χ0) is 13.5. The second-order valence-corrected chi connectivity index (χ2v) is 4.76. The van der Waals surface area contributed by atoms with E-state index in [1.165, 1.54) is 12.8 Å². The molecule has 0 spiro atoms. The number of carbonyl (C=O) groups is 2. The molecule has 1 aliphatic heterocycles. The van der Waals surface area contributed by atoms with Gasteiger partial charge in [-0.25, -0.2) is 9.59 Å². The SMILES string of the molecule is CCCC1CCN(C(=O)NC[C@H](O)C(=O)O)CC1. The molecule has 1 atom stereocenters. The van der Waals surface area contributed by atoms with E-state index in [1.807, 2.05) is 0 Å². The number of carbonyl (C=O) groups excluding carboxylic acids is 1. The van der Waals surface area contributed by atoms with E-state index in [9.17, 15) is 9.59 Å². The topological polar surface area (TPSA) is 89.9 Å². The summed E-state index contributed by atoms with van der Waals surface area (Å²) in [5.41, 5.74) is 0. The fourth-order valence-electron chi connectivity index (χ4n) is 2.22. The van der Waals surface area contributed by atoms with Gasteiger partial charge in [0.25, 0.3) is 0 Å². The van der Waals surface area contributed by atoms with Gasteiger partial charge in [-0.15, -0.1) is 0 Å². The lowest BCUT2D eigenvalue weighted by Gasteiger charge is -2.32. The molecule has 0 aromatic rings. The molecule has 6 heteroatoms. The maximum atomic E-state index is 11.7. The van der Waals surface area contributed by atoms with Crippen molar-refractivity contribution in [1.29, 1.82) is 0 Å². The van der Waals surface area contributed by atoms with Crippen LogP contribution in [0.25, 0.3) is 0 Å². The van der Waals surface area contributed by atoms with Gasteiger partial charge in [0, 0.05) is 13.1 Å². The van der Waals surface area contributed by atoms with Gasteiger partial charge in [0.1, 0.15) is 0 Å². The molecule has 1 aliphatic rings. The second-order valence-electron chi connectivity index (χ2n) is 4.76. The summed E-state index contributed by atoms with van der Waals surface area (Å²) in [6.07, 6.45) is 2.84. The molecule has 104 valence electrons. The van der Waals surface area contributed by atoms with Gasteiger partial charge in [-0.05, 0) is 18.8 Å². The van der Waals surface area contributed by atoms with Gasteiger partial charge < -0.3 is 20.4 Å². The van der Waals surface area contributed by atoms with Crippen molar-refractivity contribution < 1.29 is 19.8 Å². The minimum Gasteiger partial charge on any atom is -0.479 e. The number of rotatable bonds is 5. The number of aliphatic hydroxyl groups excluding tert-OH is 1. The van der Waals surface area contributed by atoms with E-state index in [4.69, 9.17) is 10.2 Å². The fraction of sp³-hybridized carbons (Fsp3) is 0.833. The highest BCUT2D eigenvalue weighted by Gasteiger charge is 2.23. The molecule has 0 saturated carbocycles. The lowest BCUT2D eigenvalue weighted by Crippen LogP contribution is -2.47. The number of hydrogen-bond acceptors (Lipinski definition) is 3. The summed E-state index contributed by atoms with van der Waals surface area (Å²) in [7, 11) is 0. The van der Waals surface area contributed by atoms with E-state index in [1.54, 1.807) is 4.90 Å². The molecule has 2 amide bonds. The average Bonchev–Trinajstić information content (AvgIpc) is 2.36. The first-order valence-corrected chi connectivity index (χ1v) is 6.48. The molecule has 0 bridgehead atoms. The van der Waals surface area contributed by atoms with Crippen LogP contribution in [0, 0.1) is 5.92 Å². The van der Waals surface area contributed by atoms with E-state index in [0.29, 0.717) is 19.0 Å². The van der Waals surface area contributed by atoms with E-state index in [0.717, 1.165) is 12.8 Å². The van der Waals surface area contributed by atoms with Crippen LogP contribution in [-0.2, 0) is 4.79 Å². The first-order valence-electron chi connectivity index (χ1n) is 6.48. The van der Waals surface area contributed by atoms with Crippen LogP contribution in [0.1, 0.15) is 32.6 Å². The Kier molecular flexibility index (Phi) is 5.91. The standard InChI is InChI=1S/C12H22N2O4/c1-2-3-9-4-6-14(7-5-9)12(18)13-8-10(15)11(16)17/h9-10,15H,2-8H2,1H3,(H,13,18)(H,16,17)/t10-/m0/s1. The first-order chi connectivity index (χ1) is 8.54. The molecule has 0 aliphatic carbocycles. The third kappa shape index (κ3) is 4.52. The van der Waals surface area contributed by atoms with Gasteiger partial charge in [0.2, 0.25) is 0 Å². The zero-order valence-electron chi connectivity index (χ0n) is 10.8. The van der Waals surface area contributed by atoms with Crippen molar-refractivity contribution in [1.82, 2.24) is 10.2 Å². The van der Waals surface area contributed by atoms with Gasteiger partial charge in [0.05, 0.1) is 6.54 Å². The summed E-state index contributed by atoms with van der Waals surface area (Å²) in [6, 6.07) is -0.287. The van der Waals surface area contributed by atoms with Crippen molar-refractivity contribution in [3.8, 4) is 0 Å². The van der Waals surface area contributed by atoms with Crippen LogP contribution < -0.4 is 5.32 Å². The Bertz CT molecular complexity index is 288. The molecule has 1 saturated heterocycles. The van der Waals surface area contributed by atoms with Gasteiger partial charge in [-0.3, -0.25) is 0 Å². The Labute approximate surface area is 107 Å². The quantitative estimate of drug-likeness (QED) is 0.675. The monoisotopic (exact) mass is 258 g/mol. The largest absolute Gasteiger partial charge is 0.479 e. The molecule has 3 N–H and O–H groups in total. The number of urea groups is 1. The smallest absolute Gasteiger partial charge is 0.334 e. The third-order valence-electron chi connectivity index (χ3n) is 3.33. The number of carboxylic acid groups (broad SMARTS) is 1. The maximum absolute atomic E-state index is 11.7. The minimum atomic E-state index is -1.54. The Morgan fingerprint density at radius 3 is 2.50 bits per heavy atom. The first kappa shape index (κ1) is 14.8. The summed E-state index contributed by atoms with van der Waals surface area (Å²) in [5.74, 6) is -0.624. The normalized spacial score (nSPS) is 18.4. The summed E-state index contributed by atoms with van der Waals surface area (Å²) in [5, 5.41) is 20.0. The van der Waals surface area contributed by atoms with E-state index >= 15 is 0 Å². The number of carboxylic acids is 1. The summed E-state index contributed by atoms with van der Waals surface area (Å²) in [4.78, 5) is 23.8. The van der Waals surface area contributed by atoms with Crippen molar-refractivity contribution in [3.05, 3.63) is 0 Å². The Balaban J connectivity index is 2.25. The van der Waals surface area contributed by atoms with Crippen molar-refractivity contribution >= 4 is 12.0 Å². The highest BCUT2D eigenvalue weighted by molar-refractivity contribution is 5.76. The fourth-order valence-corrected chi connectivity index (χ4v) is 2.22. The third-order valence-corrected chi connectivity index (χ3v) is 3.33. The maximum Gasteiger partial charge on any atom is 0.334 e.